The Morgan fingerprint density at radius 3 is 2.71 bits per heavy atom. The number of ether oxygens (including phenoxy) is 1. The lowest BCUT2D eigenvalue weighted by atomic mass is 10.2. The number of amides is 1. The Kier molecular flexibility index (Phi) is 3.23. The molecule has 1 heterocycles. The molecule has 1 aliphatic rings. The number of benzene rings is 1. The number of hydrogen-bond donors (Lipinski definition) is 0. The standard InChI is InChI=1S/C13H13NO3/c1-10(15)17-9-11-7-8-14(13(11)16)12-5-3-2-4-6-12/h2-6,9H,7-8H2,1H3/b11-9+. The summed E-state index contributed by atoms with van der Waals surface area (Å²) in [4.78, 5) is 24.3. The van der Waals surface area contributed by atoms with Crippen LogP contribution in [0.5, 0.6) is 0 Å². The van der Waals surface area contributed by atoms with Crippen LogP contribution in [0.25, 0.3) is 0 Å². The maximum absolute atomic E-state index is 12.0. The third-order valence-corrected chi connectivity index (χ3v) is 2.56. The molecule has 0 aliphatic carbocycles. The van der Waals surface area contributed by atoms with Crippen molar-refractivity contribution in [1.29, 1.82) is 0 Å². The second-order valence-corrected chi connectivity index (χ2v) is 3.79. The summed E-state index contributed by atoms with van der Waals surface area (Å²) in [5.41, 5.74) is 1.40. The highest BCUT2D eigenvalue weighted by atomic mass is 16.5. The molecule has 2 rings (SSSR count). The normalized spacial score (nSPS) is 17.6. The van der Waals surface area contributed by atoms with E-state index in [2.05, 4.69) is 0 Å². The van der Waals surface area contributed by atoms with E-state index in [0.717, 1.165) is 5.69 Å². The minimum Gasteiger partial charge on any atom is -0.434 e. The first kappa shape index (κ1) is 11.4. The molecule has 0 bridgehead atoms. The molecule has 4 heteroatoms. The second-order valence-electron chi connectivity index (χ2n) is 3.79. The van der Waals surface area contributed by atoms with Crippen LogP contribution in [0, 0.1) is 0 Å². The Morgan fingerprint density at radius 2 is 2.06 bits per heavy atom. The van der Waals surface area contributed by atoms with Crippen molar-refractivity contribution >= 4 is 17.6 Å². The summed E-state index contributed by atoms with van der Waals surface area (Å²) in [6, 6.07) is 9.44. The van der Waals surface area contributed by atoms with E-state index in [4.69, 9.17) is 4.74 Å². The van der Waals surface area contributed by atoms with Gasteiger partial charge in [-0.1, -0.05) is 18.2 Å². The van der Waals surface area contributed by atoms with Gasteiger partial charge in [0.15, 0.2) is 0 Å². The third-order valence-electron chi connectivity index (χ3n) is 2.56. The van der Waals surface area contributed by atoms with Gasteiger partial charge in [-0.25, -0.2) is 0 Å². The molecule has 0 N–H and O–H groups in total. The summed E-state index contributed by atoms with van der Waals surface area (Å²) < 4.78 is 4.73. The van der Waals surface area contributed by atoms with Gasteiger partial charge in [-0.05, 0) is 18.6 Å². The van der Waals surface area contributed by atoms with Gasteiger partial charge < -0.3 is 9.64 Å². The molecule has 0 spiro atoms. The van der Waals surface area contributed by atoms with Gasteiger partial charge in [0.1, 0.15) is 6.26 Å². The molecule has 1 amide bonds. The monoisotopic (exact) mass is 231 g/mol. The zero-order valence-corrected chi connectivity index (χ0v) is 9.55. The van der Waals surface area contributed by atoms with Gasteiger partial charge in [0.2, 0.25) is 0 Å². The van der Waals surface area contributed by atoms with Gasteiger partial charge in [-0.2, -0.15) is 0 Å². The summed E-state index contributed by atoms with van der Waals surface area (Å²) in [6.07, 6.45) is 1.86. The lowest BCUT2D eigenvalue weighted by molar-refractivity contribution is -0.135. The first-order chi connectivity index (χ1) is 8.18. The average Bonchev–Trinajstić information content (AvgIpc) is 2.69. The van der Waals surface area contributed by atoms with E-state index in [1.165, 1.54) is 13.2 Å². The quantitative estimate of drug-likeness (QED) is 0.443. The first-order valence-corrected chi connectivity index (χ1v) is 5.41. The third kappa shape index (κ3) is 2.53. The smallest absolute Gasteiger partial charge is 0.307 e. The Bertz CT molecular complexity index is 465. The van der Waals surface area contributed by atoms with Crippen LogP contribution < -0.4 is 4.90 Å². The van der Waals surface area contributed by atoms with E-state index in [1.807, 2.05) is 30.3 Å². The summed E-state index contributed by atoms with van der Waals surface area (Å²) in [5, 5.41) is 0. The molecule has 0 radical (unpaired) electrons. The van der Waals surface area contributed by atoms with Crippen molar-refractivity contribution in [2.75, 3.05) is 11.4 Å². The molecular weight excluding hydrogens is 218 g/mol. The lowest BCUT2D eigenvalue weighted by Crippen LogP contribution is -2.24. The molecule has 1 fully saturated rings. The summed E-state index contributed by atoms with van der Waals surface area (Å²) in [6.45, 7) is 1.93. The predicted molar refractivity (Wildman–Crippen MR) is 63.3 cm³/mol. The van der Waals surface area contributed by atoms with Crippen LogP contribution in [0.1, 0.15) is 13.3 Å². The number of carbonyl (C=O) groups excluding carboxylic acids is 2. The fourth-order valence-electron chi connectivity index (χ4n) is 1.73. The summed E-state index contributed by atoms with van der Waals surface area (Å²) in [5.74, 6) is -0.513. The van der Waals surface area contributed by atoms with E-state index < -0.39 is 5.97 Å². The van der Waals surface area contributed by atoms with Crippen LogP contribution in [0.4, 0.5) is 5.69 Å². The zero-order valence-electron chi connectivity index (χ0n) is 9.55. The highest BCUT2D eigenvalue weighted by Crippen LogP contribution is 2.24. The van der Waals surface area contributed by atoms with Crippen LogP contribution >= 0.6 is 0 Å². The topological polar surface area (TPSA) is 46.6 Å². The van der Waals surface area contributed by atoms with E-state index in [1.54, 1.807) is 4.90 Å². The van der Waals surface area contributed by atoms with Crippen LogP contribution in [0.3, 0.4) is 0 Å². The SMILES string of the molecule is CC(=O)O/C=C1\CCN(c2ccccc2)C1=O. The van der Waals surface area contributed by atoms with E-state index in [9.17, 15) is 9.59 Å². The van der Waals surface area contributed by atoms with Crippen molar-refractivity contribution in [3.8, 4) is 0 Å². The van der Waals surface area contributed by atoms with Gasteiger partial charge >= 0.3 is 5.97 Å². The molecule has 88 valence electrons. The molecule has 0 unspecified atom stereocenters. The highest BCUT2D eigenvalue weighted by molar-refractivity contribution is 6.08. The van der Waals surface area contributed by atoms with Gasteiger partial charge in [0.25, 0.3) is 5.91 Å². The van der Waals surface area contributed by atoms with E-state index in [0.29, 0.717) is 18.5 Å². The van der Waals surface area contributed by atoms with Gasteiger partial charge in [0, 0.05) is 19.2 Å². The lowest BCUT2D eigenvalue weighted by Gasteiger charge is -2.14. The maximum Gasteiger partial charge on any atom is 0.307 e. The zero-order chi connectivity index (χ0) is 12.3. The molecule has 0 saturated carbocycles. The first-order valence-electron chi connectivity index (χ1n) is 5.41. The molecule has 17 heavy (non-hydrogen) atoms. The van der Waals surface area contributed by atoms with Gasteiger partial charge in [-0.15, -0.1) is 0 Å². The molecule has 1 saturated heterocycles. The molecule has 4 nitrogen and oxygen atoms in total. The number of rotatable bonds is 2. The van der Waals surface area contributed by atoms with Crippen LogP contribution in [0.15, 0.2) is 42.2 Å². The number of carbonyl (C=O) groups is 2. The summed E-state index contributed by atoms with van der Waals surface area (Å²) in [7, 11) is 0. The predicted octanol–water partition coefficient (Wildman–Crippen LogP) is 1.87. The van der Waals surface area contributed by atoms with Gasteiger partial charge in [-0.3, -0.25) is 9.59 Å². The highest BCUT2D eigenvalue weighted by Gasteiger charge is 2.27. The fraction of sp³-hybridized carbons (Fsp3) is 0.231. The minimum atomic E-state index is -0.413. The van der Waals surface area contributed by atoms with Crippen molar-refractivity contribution in [1.82, 2.24) is 0 Å². The molecule has 1 aromatic rings. The number of anilines is 1. The van der Waals surface area contributed by atoms with Crippen LogP contribution in [-0.4, -0.2) is 18.4 Å². The average molecular weight is 231 g/mol. The number of esters is 1. The Morgan fingerprint density at radius 1 is 1.35 bits per heavy atom. The van der Waals surface area contributed by atoms with Gasteiger partial charge in [0.05, 0.1) is 5.57 Å². The Balaban J connectivity index is 2.13. The summed E-state index contributed by atoms with van der Waals surface area (Å²) >= 11 is 0. The number of nitrogens with zero attached hydrogens (tertiary/aromatic N) is 1. The molecule has 1 aliphatic heterocycles. The van der Waals surface area contributed by atoms with Crippen molar-refractivity contribution in [2.24, 2.45) is 0 Å². The Hall–Kier alpha value is -2.10. The van der Waals surface area contributed by atoms with Crippen LogP contribution in [-0.2, 0) is 14.3 Å². The van der Waals surface area contributed by atoms with E-state index >= 15 is 0 Å². The largest absolute Gasteiger partial charge is 0.434 e. The minimum absolute atomic E-state index is 0.0996. The number of para-hydroxylation sites is 1. The van der Waals surface area contributed by atoms with E-state index in [-0.39, 0.29) is 5.91 Å². The molecule has 1 aromatic carbocycles. The van der Waals surface area contributed by atoms with Crippen molar-refractivity contribution in [2.45, 2.75) is 13.3 Å². The Labute approximate surface area is 99.5 Å². The second kappa shape index (κ2) is 4.82. The fourth-order valence-corrected chi connectivity index (χ4v) is 1.73. The van der Waals surface area contributed by atoms with Crippen molar-refractivity contribution < 1.29 is 14.3 Å². The number of hydrogen-bond acceptors (Lipinski definition) is 3. The molecule has 0 aromatic heterocycles. The van der Waals surface area contributed by atoms with Crippen molar-refractivity contribution in [3.05, 3.63) is 42.2 Å². The van der Waals surface area contributed by atoms with Crippen molar-refractivity contribution in [3.63, 3.8) is 0 Å². The molecule has 0 atom stereocenters. The maximum atomic E-state index is 12.0. The molecular formula is C13H13NO3. The van der Waals surface area contributed by atoms with Crippen LogP contribution in [0.2, 0.25) is 0 Å².